The fraction of sp³-hybridized carbons (Fsp3) is 0.750. The number of hydrogen-bond donors (Lipinski definition) is 3. The monoisotopic (exact) mass is 834 g/mol. The molecule has 336 valence electrons. The Morgan fingerprint density at radius 2 is 1.39 bits per heavy atom. The van der Waals surface area contributed by atoms with E-state index in [0.29, 0.717) is 18.4 Å². The van der Waals surface area contributed by atoms with E-state index in [-0.39, 0.29) is 24.3 Å². The lowest BCUT2D eigenvalue weighted by Crippen LogP contribution is -2.59. The number of aliphatic hydroxyl groups is 1. The van der Waals surface area contributed by atoms with Crippen LogP contribution in [0.3, 0.4) is 0 Å². The van der Waals surface area contributed by atoms with Gasteiger partial charge in [0.25, 0.3) is 5.91 Å². The number of esters is 2. The molecule has 1 rings (SSSR count). The van der Waals surface area contributed by atoms with Gasteiger partial charge in [-0.3, -0.25) is 24.0 Å². The van der Waals surface area contributed by atoms with Gasteiger partial charge in [0, 0.05) is 38.6 Å². The van der Waals surface area contributed by atoms with Gasteiger partial charge in [0.15, 0.2) is 6.10 Å². The van der Waals surface area contributed by atoms with Crippen LogP contribution in [0.15, 0.2) is 23.3 Å². The summed E-state index contributed by atoms with van der Waals surface area (Å²) >= 11 is 0. The van der Waals surface area contributed by atoms with Crippen LogP contribution in [0.2, 0.25) is 0 Å². The van der Waals surface area contributed by atoms with E-state index in [2.05, 4.69) is 10.6 Å². The zero-order valence-corrected chi connectivity index (χ0v) is 38.6. The van der Waals surface area contributed by atoms with Crippen LogP contribution >= 0.6 is 0 Å². The summed E-state index contributed by atoms with van der Waals surface area (Å²) in [4.78, 5) is 100. The Morgan fingerprint density at radius 1 is 0.847 bits per heavy atom. The molecule has 5 amide bonds. The van der Waals surface area contributed by atoms with Crippen molar-refractivity contribution in [2.45, 2.75) is 158 Å². The minimum atomic E-state index is -1.26. The van der Waals surface area contributed by atoms with Crippen molar-refractivity contribution in [1.82, 2.24) is 25.3 Å². The molecule has 0 aromatic carbocycles. The number of ether oxygens (including phenoxy) is 2. The number of carbonyl (C=O) groups excluding carboxylic acids is 7. The van der Waals surface area contributed by atoms with Gasteiger partial charge in [-0.2, -0.15) is 0 Å². The molecule has 0 radical (unpaired) electrons. The van der Waals surface area contributed by atoms with Crippen molar-refractivity contribution in [3.05, 3.63) is 23.3 Å². The van der Waals surface area contributed by atoms with Gasteiger partial charge in [-0.15, -0.1) is 0 Å². The highest BCUT2D eigenvalue weighted by Gasteiger charge is 2.39. The molecule has 0 fully saturated rings. The number of aliphatic hydroxyl groups excluding tert-OH is 1. The number of cyclic esters (lactones) is 2. The normalized spacial score (nSPS) is 29.3. The number of allylic oxidation sites excluding steroid dienone is 1. The van der Waals surface area contributed by atoms with Crippen molar-refractivity contribution in [1.29, 1.82) is 0 Å². The molecule has 0 saturated heterocycles. The molecular weight excluding hydrogens is 759 g/mol. The van der Waals surface area contributed by atoms with Gasteiger partial charge in [0.2, 0.25) is 23.6 Å². The molecule has 1 heterocycles. The minimum absolute atomic E-state index is 0.0127. The van der Waals surface area contributed by atoms with E-state index in [4.69, 9.17) is 9.47 Å². The van der Waals surface area contributed by atoms with E-state index < -0.39 is 114 Å². The third-order valence-electron chi connectivity index (χ3n) is 11.2. The average molecular weight is 834 g/mol. The fourth-order valence-corrected chi connectivity index (χ4v) is 6.77. The van der Waals surface area contributed by atoms with Crippen molar-refractivity contribution in [3.8, 4) is 0 Å². The van der Waals surface area contributed by atoms with Gasteiger partial charge in [0.1, 0.15) is 30.3 Å². The smallest absolute Gasteiger partial charge is 0.334 e. The molecular formula is C44H75N5O10. The molecule has 0 unspecified atom stereocenters. The van der Waals surface area contributed by atoms with Crippen molar-refractivity contribution in [3.63, 3.8) is 0 Å². The third-order valence-corrected chi connectivity index (χ3v) is 11.2. The first-order valence-corrected chi connectivity index (χ1v) is 21.1. The molecule has 0 aliphatic carbocycles. The van der Waals surface area contributed by atoms with Crippen LogP contribution < -0.4 is 10.6 Å². The van der Waals surface area contributed by atoms with E-state index in [0.717, 1.165) is 0 Å². The maximum atomic E-state index is 14.2. The summed E-state index contributed by atoms with van der Waals surface area (Å²) < 4.78 is 11.8. The summed E-state index contributed by atoms with van der Waals surface area (Å²) in [5.41, 5.74) is 0.833. The second-order valence-corrected chi connectivity index (χ2v) is 17.4. The lowest BCUT2D eigenvalue weighted by atomic mass is 9.90. The predicted octanol–water partition coefficient (Wildman–Crippen LogP) is 4.02. The van der Waals surface area contributed by atoms with Crippen molar-refractivity contribution < 1.29 is 48.1 Å². The van der Waals surface area contributed by atoms with Gasteiger partial charge in [-0.25, -0.2) is 9.59 Å². The van der Waals surface area contributed by atoms with Crippen LogP contribution in [0, 0.1) is 29.6 Å². The highest BCUT2D eigenvalue weighted by Crippen LogP contribution is 2.25. The van der Waals surface area contributed by atoms with Gasteiger partial charge < -0.3 is 39.9 Å². The first-order valence-electron chi connectivity index (χ1n) is 21.1. The maximum absolute atomic E-state index is 14.2. The van der Waals surface area contributed by atoms with Crippen molar-refractivity contribution in [2.24, 2.45) is 29.6 Å². The highest BCUT2D eigenvalue weighted by atomic mass is 16.6. The average Bonchev–Trinajstić information content (AvgIpc) is 3.17. The summed E-state index contributed by atoms with van der Waals surface area (Å²) in [6.45, 7) is 22.4. The Morgan fingerprint density at radius 3 is 1.90 bits per heavy atom. The Bertz CT molecular complexity index is 1540. The number of hydrogen-bond acceptors (Lipinski definition) is 10. The summed E-state index contributed by atoms with van der Waals surface area (Å²) in [6, 6.07) is -4.25. The van der Waals surface area contributed by atoms with Crippen molar-refractivity contribution in [2.75, 3.05) is 27.7 Å². The van der Waals surface area contributed by atoms with Crippen LogP contribution in [0.25, 0.3) is 0 Å². The summed E-state index contributed by atoms with van der Waals surface area (Å²) in [5, 5.41) is 16.9. The van der Waals surface area contributed by atoms with E-state index >= 15 is 0 Å². The maximum Gasteiger partial charge on any atom is 0.334 e. The molecule has 3 N–H and O–H groups in total. The Labute approximate surface area is 353 Å². The van der Waals surface area contributed by atoms with E-state index in [1.54, 1.807) is 48.5 Å². The number of amides is 5. The van der Waals surface area contributed by atoms with Crippen LogP contribution in [0.4, 0.5) is 0 Å². The topological polar surface area (TPSA) is 192 Å². The van der Waals surface area contributed by atoms with Gasteiger partial charge in [-0.05, 0) is 69.8 Å². The van der Waals surface area contributed by atoms with Crippen LogP contribution in [-0.4, -0.2) is 131 Å². The molecule has 9 atom stereocenters. The Balaban J connectivity index is 3.87. The SMILES string of the molecule is CC/C=C(\C)[C@H]1OC(=O)[C@H](C)N(C)C(=O)[C@@H](C(C)C)NC(=O)CN(C)C(=O)[C@@H](CC(C)C)N(C)C(=O)[C@H](C(C)C)NC(=O)[C@@H]([C@@H](C)CC)OC(=O)/C(C)=C/C[C@H](O)[C@@H]1C. The fourth-order valence-electron chi connectivity index (χ4n) is 6.77. The summed E-state index contributed by atoms with van der Waals surface area (Å²) in [6.07, 6.45) is 1.49. The van der Waals surface area contributed by atoms with Crippen LogP contribution in [0.1, 0.15) is 116 Å². The summed E-state index contributed by atoms with van der Waals surface area (Å²) in [5.74, 6) is -6.38. The van der Waals surface area contributed by atoms with Crippen LogP contribution in [0.5, 0.6) is 0 Å². The van der Waals surface area contributed by atoms with Crippen LogP contribution in [-0.2, 0) is 43.0 Å². The molecule has 1 aliphatic rings. The molecule has 0 aromatic heterocycles. The highest BCUT2D eigenvalue weighted by molar-refractivity contribution is 5.96. The second kappa shape index (κ2) is 24.1. The second-order valence-electron chi connectivity index (χ2n) is 17.4. The summed E-state index contributed by atoms with van der Waals surface area (Å²) in [7, 11) is 4.36. The first-order chi connectivity index (χ1) is 27.3. The van der Waals surface area contributed by atoms with E-state index in [9.17, 15) is 38.7 Å². The Hall–Kier alpha value is -4.27. The molecule has 1 aliphatic heterocycles. The molecule has 0 bridgehead atoms. The van der Waals surface area contributed by atoms with Gasteiger partial charge in [-0.1, -0.05) is 81.4 Å². The minimum Gasteiger partial charge on any atom is -0.456 e. The zero-order chi connectivity index (χ0) is 45.6. The first kappa shape index (κ1) is 52.7. The number of rotatable bonds is 8. The molecule has 0 spiro atoms. The lowest BCUT2D eigenvalue weighted by Gasteiger charge is -2.36. The van der Waals surface area contributed by atoms with Crippen molar-refractivity contribution >= 4 is 41.5 Å². The lowest BCUT2D eigenvalue weighted by molar-refractivity contribution is -0.160. The predicted molar refractivity (Wildman–Crippen MR) is 226 cm³/mol. The molecule has 0 saturated carbocycles. The largest absolute Gasteiger partial charge is 0.456 e. The molecule has 0 aromatic rings. The standard InChI is InChI=1S/C44H75N5O10/c1-17-19-28(10)37-30(12)33(50)21-20-29(11)43(56)59-38(27(9)18-2)39(52)46-36(26(7)8)42(55)49(16)32(22-24(3)4)40(53)47(14)23-34(51)45-35(25(5)6)41(54)48(15)31(13)44(57)58-37/h19-20,24-27,30-33,35-38,50H,17-18,21-23H2,1-16H3,(H,45,51)(H,46,52)/b28-19+,29-20+/t27-,30-,31-,32+,33-,35+,36-,37+,38+/m0/s1. The molecule has 15 nitrogen and oxygen atoms in total. The molecule has 15 heteroatoms. The van der Waals surface area contributed by atoms with Gasteiger partial charge >= 0.3 is 11.9 Å². The Kier molecular flexibility index (Phi) is 21.5. The number of nitrogens with zero attached hydrogens (tertiary/aromatic N) is 3. The number of carbonyl (C=O) groups is 7. The zero-order valence-electron chi connectivity index (χ0n) is 38.6. The molecule has 59 heavy (non-hydrogen) atoms. The van der Waals surface area contributed by atoms with Gasteiger partial charge in [0.05, 0.1) is 12.6 Å². The van der Waals surface area contributed by atoms with E-state index in [1.807, 2.05) is 33.8 Å². The van der Waals surface area contributed by atoms with E-state index in [1.165, 1.54) is 55.8 Å². The number of likely N-dealkylation sites (N-methyl/N-ethyl adjacent to an activating group) is 3. The third kappa shape index (κ3) is 15.1. The number of nitrogens with one attached hydrogen (secondary N) is 2. The quantitative estimate of drug-likeness (QED) is 0.238.